The lowest BCUT2D eigenvalue weighted by atomic mass is 10.1. The Hall–Kier alpha value is -1.77. The first kappa shape index (κ1) is 9.32. The van der Waals surface area contributed by atoms with Crippen molar-refractivity contribution in [2.24, 2.45) is 0 Å². The molecule has 0 saturated heterocycles. The first-order chi connectivity index (χ1) is 6.13. The van der Waals surface area contributed by atoms with Crippen LogP contribution >= 0.6 is 0 Å². The number of carboxylic acid groups (broad SMARTS) is 1. The molecular weight excluding hydrogens is 168 g/mol. The molecule has 0 fully saturated rings. The van der Waals surface area contributed by atoms with Crippen LogP contribution in [-0.4, -0.2) is 16.2 Å². The summed E-state index contributed by atoms with van der Waals surface area (Å²) < 4.78 is 0. The van der Waals surface area contributed by atoms with Gasteiger partial charge in [0.05, 0.1) is 5.57 Å². The summed E-state index contributed by atoms with van der Waals surface area (Å²) in [5.41, 5.74) is 0.466. The first-order valence-electron chi connectivity index (χ1n) is 3.81. The quantitative estimate of drug-likeness (QED) is 0.538. The molecule has 0 radical (unpaired) electrons. The van der Waals surface area contributed by atoms with Gasteiger partial charge in [0, 0.05) is 5.56 Å². The fraction of sp³-hybridized carbons (Fsp3) is 0.100. The SMILES string of the molecule is C/C(C(=O)O)=C(\O)c1ccccc1. The van der Waals surface area contributed by atoms with E-state index in [1.807, 2.05) is 0 Å². The molecule has 0 saturated carbocycles. The van der Waals surface area contributed by atoms with Crippen molar-refractivity contribution < 1.29 is 15.0 Å². The van der Waals surface area contributed by atoms with Crippen molar-refractivity contribution in [1.29, 1.82) is 0 Å². The highest BCUT2D eigenvalue weighted by Crippen LogP contribution is 2.14. The van der Waals surface area contributed by atoms with E-state index in [4.69, 9.17) is 5.11 Å². The Bertz CT molecular complexity index is 338. The van der Waals surface area contributed by atoms with Crippen LogP contribution in [-0.2, 0) is 4.79 Å². The second-order valence-electron chi connectivity index (χ2n) is 2.64. The molecule has 1 aromatic carbocycles. The minimum Gasteiger partial charge on any atom is -0.507 e. The molecule has 0 heterocycles. The van der Waals surface area contributed by atoms with E-state index in [1.54, 1.807) is 30.3 Å². The number of benzene rings is 1. The molecule has 3 heteroatoms. The Morgan fingerprint density at radius 2 is 1.69 bits per heavy atom. The normalized spacial score (nSPS) is 12.1. The van der Waals surface area contributed by atoms with Crippen LogP contribution in [0.2, 0.25) is 0 Å². The van der Waals surface area contributed by atoms with Gasteiger partial charge in [-0.1, -0.05) is 30.3 Å². The molecule has 3 nitrogen and oxygen atoms in total. The van der Waals surface area contributed by atoms with Crippen molar-refractivity contribution in [3.63, 3.8) is 0 Å². The average Bonchev–Trinajstić information content (AvgIpc) is 2.17. The van der Waals surface area contributed by atoms with Gasteiger partial charge in [-0.05, 0) is 6.92 Å². The summed E-state index contributed by atoms with van der Waals surface area (Å²) in [4.78, 5) is 10.5. The molecule has 0 unspecified atom stereocenters. The molecule has 0 amide bonds. The van der Waals surface area contributed by atoms with E-state index < -0.39 is 5.97 Å². The minimum atomic E-state index is -1.11. The molecule has 0 bridgehead atoms. The van der Waals surface area contributed by atoms with Gasteiger partial charge in [-0.3, -0.25) is 0 Å². The molecule has 0 atom stereocenters. The van der Waals surface area contributed by atoms with Crippen LogP contribution in [0.25, 0.3) is 5.76 Å². The Morgan fingerprint density at radius 1 is 1.15 bits per heavy atom. The number of aliphatic hydroxyl groups is 1. The molecule has 0 aliphatic rings. The fourth-order valence-corrected chi connectivity index (χ4v) is 0.914. The minimum absolute atomic E-state index is 0.0498. The molecule has 68 valence electrons. The van der Waals surface area contributed by atoms with Crippen LogP contribution in [0, 0.1) is 0 Å². The highest BCUT2D eigenvalue weighted by Gasteiger charge is 2.08. The Balaban J connectivity index is 3.11. The second-order valence-corrected chi connectivity index (χ2v) is 2.64. The van der Waals surface area contributed by atoms with E-state index >= 15 is 0 Å². The van der Waals surface area contributed by atoms with Crippen molar-refractivity contribution >= 4 is 11.7 Å². The second kappa shape index (κ2) is 3.76. The maximum Gasteiger partial charge on any atom is 0.335 e. The van der Waals surface area contributed by atoms with E-state index in [0.29, 0.717) is 5.56 Å². The van der Waals surface area contributed by atoms with Crippen molar-refractivity contribution in [2.45, 2.75) is 6.92 Å². The fourth-order valence-electron chi connectivity index (χ4n) is 0.914. The monoisotopic (exact) mass is 178 g/mol. The standard InChI is InChI=1S/C10H10O3/c1-7(10(12)13)9(11)8-5-3-2-4-6-8/h2-6,11H,1H3,(H,12,13)/b9-7+. The molecule has 1 aromatic rings. The number of aliphatic hydroxyl groups excluding tert-OH is 1. The van der Waals surface area contributed by atoms with E-state index in [2.05, 4.69) is 0 Å². The van der Waals surface area contributed by atoms with Gasteiger partial charge in [0.2, 0.25) is 0 Å². The van der Waals surface area contributed by atoms with Gasteiger partial charge in [0.1, 0.15) is 5.76 Å². The Labute approximate surface area is 76.0 Å². The smallest absolute Gasteiger partial charge is 0.335 e. The molecule has 0 spiro atoms. The summed E-state index contributed by atoms with van der Waals surface area (Å²) in [6.07, 6.45) is 0. The number of hydrogen-bond donors (Lipinski definition) is 2. The number of carbonyl (C=O) groups is 1. The third-order valence-corrected chi connectivity index (χ3v) is 1.72. The maximum absolute atomic E-state index is 10.5. The molecule has 0 aliphatic heterocycles. The van der Waals surface area contributed by atoms with Gasteiger partial charge in [-0.25, -0.2) is 4.79 Å². The third kappa shape index (κ3) is 2.08. The Kier molecular flexibility index (Phi) is 2.69. The van der Waals surface area contributed by atoms with Crippen LogP contribution < -0.4 is 0 Å². The van der Waals surface area contributed by atoms with Crippen LogP contribution in [0.3, 0.4) is 0 Å². The largest absolute Gasteiger partial charge is 0.507 e. The van der Waals surface area contributed by atoms with Gasteiger partial charge < -0.3 is 10.2 Å². The number of hydrogen-bond acceptors (Lipinski definition) is 2. The van der Waals surface area contributed by atoms with Crippen molar-refractivity contribution in [2.75, 3.05) is 0 Å². The molecule has 1 rings (SSSR count). The molecule has 0 aromatic heterocycles. The van der Waals surface area contributed by atoms with Gasteiger partial charge in [-0.2, -0.15) is 0 Å². The van der Waals surface area contributed by atoms with E-state index in [1.165, 1.54) is 6.92 Å². The van der Waals surface area contributed by atoms with E-state index in [9.17, 15) is 9.90 Å². The van der Waals surface area contributed by atoms with Crippen LogP contribution in [0.4, 0.5) is 0 Å². The predicted molar refractivity (Wildman–Crippen MR) is 49.3 cm³/mol. The summed E-state index contributed by atoms with van der Waals surface area (Å²) in [5, 5.41) is 18.1. The Morgan fingerprint density at radius 3 is 2.15 bits per heavy atom. The molecule has 2 N–H and O–H groups in total. The highest BCUT2D eigenvalue weighted by molar-refractivity contribution is 5.93. The van der Waals surface area contributed by atoms with Crippen molar-refractivity contribution in [1.82, 2.24) is 0 Å². The predicted octanol–water partition coefficient (Wildman–Crippen LogP) is 2.06. The van der Waals surface area contributed by atoms with Crippen molar-refractivity contribution in [3.05, 3.63) is 41.5 Å². The van der Waals surface area contributed by atoms with Gasteiger partial charge in [-0.15, -0.1) is 0 Å². The summed E-state index contributed by atoms with van der Waals surface area (Å²) in [6.45, 7) is 1.37. The molecule has 0 aliphatic carbocycles. The first-order valence-corrected chi connectivity index (χ1v) is 3.81. The average molecular weight is 178 g/mol. The zero-order valence-corrected chi connectivity index (χ0v) is 7.19. The van der Waals surface area contributed by atoms with Crippen LogP contribution in [0.1, 0.15) is 12.5 Å². The van der Waals surface area contributed by atoms with Crippen LogP contribution in [0.5, 0.6) is 0 Å². The van der Waals surface area contributed by atoms with E-state index in [-0.39, 0.29) is 11.3 Å². The molecule has 13 heavy (non-hydrogen) atoms. The summed E-state index contributed by atoms with van der Waals surface area (Å²) in [7, 11) is 0. The third-order valence-electron chi connectivity index (χ3n) is 1.72. The zero-order valence-electron chi connectivity index (χ0n) is 7.19. The van der Waals surface area contributed by atoms with Gasteiger partial charge in [0.15, 0.2) is 0 Å². The van der Waals surface area contributed by atoms with Gasteiger partial charge >= 0.3 is 5.97 Å². The summed E-state index contributed by atoms with van der Waals surface area (Å²) in [5.74, 6) is -1.30. The number of carboxylic acids is 1. The number of rotatable bonds is 2. The lowest BCUT2D eigenvalue weighted by Crippen LogP contribution is -2.00. The lowest BCUT2D eigenvalue weighted by Gasteiger charge is -2.01. The number of aliphatic carboxylic acids is 1. The lowest BCUT2D eigenvalue weighted by molar-refractivity contribution is -0.132. The topological polar surface area (TPSA) is 57.5 Å². The summed E-state index contributed by atoms with van der Waals surface area (Å²) >= 11 is 0. The van der Waals surface area contributed by atoms with Gasteiger partial charge in [0.25, 0.3) is 0 Å². The zero-order chi connectivity index (χ0) is 9.84. The maximum atomic E-state index is 10.5. The van der Waals surface area contributed by atoms with E-state index in [0.717, 1.165) is 0 Å². The van der Waals surface area contributed by atoms with Crippen molar-refractivity contribution in [3.8, 4) is 0 Å². The molecular formula is C10H10O3. The van der Waals surface area contributed by atoms with Crippen LogP contribution in [0.15, 0.2) is 35.9 Å². The summed E-state index contributed by atoms with van der Waals surface area (Å²) in [6, 6.07) is 8.58. The highest BCUT2D eigenvalue weighted by atomic mass is 16.4.